The van der Waals surface area contributed by atoms with E-state index in [0.717, 1.165) is 16.4 Å². The predicted octanol–water partition coefficient (Wildman–Crippen LogP) is 1.09. The first-order valence-corrected chi connectivity index (χ1v) is 13.5. The molecular weight excluding hydrogens is 532 g/mol. The Morgan fingerprint density at radius 2 is 1.84 bits per heavy atom. The number of alkyl halides is 3. The van der Waals surface area contributed by atoms with E-state index in [4.69, 9.17) is 6.42 Å². The molecule has 1 aromatic carbocycles. The summed E-state index contributed by atoms with van der Waals surface area (Å²) in [4.78, 5) is 27.6. The topological polar surface area (TPSA) is 110 Å². The first-order valence-electron chi connectivity index (χ1n) is 12.1. The third-order valence-electron chi connectivity index (χ3n) is 7.20. The van der Waals surface area contributed by atoms with Gasteiger partial charge in [0.2, 0.25) is 11.8 Å². The molecule has 2 N–H and O–H groups in total. The zero-order valence-corrected chi connectivity index (χ0v) is 21.2. The van der Waals surface area contributed by atoms with E-state index < -0.39 is 51.2 Å². The predicted molar refractivity (Wildman–Crippen MR) is 127 cm³/mol. The Morgan fingerprint density at radius 1 is 1.16 bits per heavy atom. The smallest absolute Gasteiger partial charge is 0.375 e. The van der Waals surface area contributed by atoms with E-state index in [1.54, 1.807) is 0 Å². The van der Waals surface area contributed by atoms with Crippen LogP contribution in [0.25, 0.3) is 0 Å². The highest BCUT2D eigenvalue weighted by atomic mass is 32.2. The largest absolute Gasteiger partial charge is 0.416 e. The van der Waals surface area contributed by atoms with E-state index in [1.165, 1.54) is 9.21 Å². The lowest BCUT2D eigenvalue weighted by Gasteiger charge is -2.45. The molecule has 208 valence electrons. The summed E-state index contributed by atoms with van der Waals surface area (Å²) in [6.45, 7) is -0.385. The van der Waals surface area contributed by atoms with E-state index in [-0.39, 0.29) is 50.7 Å². The molecule has 3 saturated heterocycles. The molecule has 0 radical (unpaired) electrons. The van der Waals surface area contributed by atoms with Gasteiger partial charge in [0.05, 0.1) is 24.6 Å². The highest BCUT2D eigenvalue weighted by molar-refractivity contribution is 7.86. The third-order valence-corrected chi connectivity index (χ3v) is 9.10. The summed E-state index contributed by atoms with van der Waals surface area (Å²) in [5.74, 6) is -0.553. The van der Waals surface area contributed by atoms with Gasteiger partial charge in [-0.15, -0.1) is 6.42 Å². The van der Waals surface area contributed by atoms with Crippen LogP contribution in [0.2, 0.25) is 0 Å². The fourth-order valence-corrected chi connectivity index (χ4v) is 6.82. The summed E-state index contributed by atoms with van der Waals surface area (Å²) in [6.07, 6.45) is 2.28. The van der Waals surface area contributed by atoms with Crippen LogP contribution in [0.4, 0.5) is 17.6 Å². The second-order valence-corrected chi connectivity index (χ2v) is 11.8. The van der Waals surface area contributed by atoms with E-state index >= 15 is 0 Å². The first-order chi connectivity index (χ1) is 17.7. The van der Waals surface area contributed by atoms with Crippen molar-refractivity contribution in [3.8, 4) is 12.3 Å². The Labute approximate surface area is 217 Å². The SMILES string of the molecule is C#CC1(O)CN(S(=O)(=O)N2CCC[C@H](C(=O)N3CCC[C@@H]3C(=O)NCc3ccc(C(F)(F)F)cc3F)C2)C1. The number of rotatable bonds is 6. The first kappa shape index (κ1) is 28.3. The molecule has 0 bridgehead atoms. The molecule has 2 atom stereocenters. The summed E-state index contributed by atoms with van der Waals surface area (Å²) >= 11 is 0. The van der Waals surface area contributed by atoms with E-state index in [2.05, 4.69) is 11.2 Å². The van der Waals surface area contributed by atoms with Crippen LogP contribution >= 0.6 is 0 Å². The van der Waals surface area contributed by atoms with Gasteiger partial charge in [0.15, 0.2) is 5.60 Å². The molecule has 3 aliphatic rings. The zero-order chi connectivity index (χ0) is 27.9. The maximum Gasteiger partial charge on any atom is 0.416 e. The monoisotopic (exact) mass is 560 g/mol. The average Bonchev–Trinajstić information content (AvgIpc) is 3.35. The number of nitrogens with zero attached hydrogens (tertiary/aromatic N) is 3. The molecule has 3 heterocycles. The summed E-state index contributed by atoms with van der Waals surface area (Å²) < 4.78 is 80.6. The molecular formula is C24H28F4N4O5S. The standard InChI is InChI=1S/C24H28F4N4O5S/c1-2-23(35)14-31(15-23)38(36,37)30-9-3-5-17(13-30)22(34)32-10-4-6-20(32)21(33)29-12-16-7-8-18(11-19(16)25)24(26,27)28/h1,7-8,11,17,20,35H,3-6,9-10,12-15H2,(H,29,33)/t17-,20+/m0/s1. The normalized spacial score (nSPS) is 24.5. The van der Waals surface area contributed by atoms with Crippen LogP contribution in [0.1, 0.15) is 36.8 Å². The molecule has 1 aromatic rings. The van der Waals surface area contributed by atoms with Crippen molar-refractivity contribution in [2.75, 3.05) is 32.7 Å². The van der Waals surface area contributed by atoms with Gasteiger partial charge < -0.3 is 15.3 Å². The maximum absolute atomic E-state index is 14.1. The molecule has 0 spiro atoms. The molecule has 3 fully saturated rings. The van der Waals surface area contributed by atoms with Gasteiger partial charge in [-0.1, -0.05) is 12.0 Å². The van der Waals surface area contributed by atoms with Gasteiger partial charge in [-0.2, -0.15) is 30.2 Å². The molecule has 38 heavy (non-hydrogen) atoms. The van der Waals surface area contributed by atoms with Crippen molar-refractivity contribution >= 4 is 22.0 Å². The Hall–Kier alpha value is -2.73. The second kappa shape index (κ2) is 10.4. The van der Waals surface area contributed by atoms with Crippen LogP contribution in [0.3, 0.4) is 0 Å². The molecule has 0 aliphatic carbocycles. The fourth-order valence-electron chi connectivity index (χ4n) is 5.01. The van der Waals surface area contributed by atoms with Gasteiger partial charge in [0.1, 0.15) is 11.9 Å². The molecule has 0 unspecified atom stereocenters. The Morgan fingerprint density at radius 3 is 2.47 bits per heavy atom. The lowest BCUT2D eigenvalue weighted by Crippen LogP contribution is -2.65. The van der Waals surface area contributed by atoms with E-state index in [1.807, 2.05) is 0 Å². The minimum Gasteiger partial charge on any atom is -0.375 e. The number of aliphatic hydroxyl groups is 1. The van der Waals surface area contributed by atoms with Gasteiger partial charge in [-0.05, 0) is 37.8 Å². The highest BCUT2D eigenvalue weighted by Gasteiger charge is 2.49. The Kier molecular flexibility index (Phi) is 7.77. The number of halogens is 4. The van der Waals surface area contributed by atoms with Crippen LogP contribution < -0.4 is 5.32 Å². The number of terminal acetylenes is 1. The molecule has 2 amide bonds. The number of hydrogen-bond acceptors (Lipinski definition) is 5. The maximum atomic E-state index is 14.1. The summed E-state index contributed by atoms with van der Waals surface area (Å²) in [7, 11) is -3.93. The third kappa shape index (κ3) is 5.66. The van der Waals surface area contributed by atoms with Crippen LogP contribution in [0, 0.1) is 24.1 Å². The number of β-amino-alcohol motifs (C(OH)–C–C–N with tert-alkyl or cyclic N) is 1. The number of carbonyl (C=O) groups is 2. The van der Waals surface area contributed by atoms with Crippen LogP contribution in [0.5, 0.6) is 0 Å². The van der Waals surface area contributed by atoms with Gasteiger partial charge in [0, 0.05) is 31.7 Å². The van der Waals surface area contributed by atoms with E-state index in [0.29, 0.717) is 31.7 Å². The lowest BCUT2D eigenvalue weighted by atomic mass is 9.97. The molecule has 9 nitrogen and oxygen atoms in total. The Bertz CT molecular complexity index is 1240. The van der Waals surface area contributed by atoms with Gasteiger partial charge in [0.25, 0.3) is 10.2 Å². The lowest BCUT2D eigenvalue weighted by molar-refractivity contribution is -0.142. The van der Waals surface area contributed by atoms with Crippen molar-refractivity contribution < 1.29 is 40.7 Å². The van der Waals surface area contributed by atoms with Crippen molar-refractivity contribution in [2.24, 2.45) is 5.92 Å². The minimum absolute atomic E-state index is 0.0756. The molecule has 4 rings (SSSR count). The summed E-state index contributed by atoms with van der Waals surface area (Å²) in [5, 5.41) is 12.5. The zero-order valence-electron chi connectivity index (χ0n) is 20.4. The number of piperidine rings is 1. The molecule has 0 saturated carbocycles. The number of carbonyl (C=O) groups excluding carboxylic acids is 2. The van der Waals surface area contributed by atoms with Crippen molar-refractivity contribution in [1.82, 2.24) is 18.8 Å². The summed E-state index contributed by atoms with van der Waals surface area (Å²) in [5.41, 5.74) is -2.77. The molecule has 3 aliphatic heterocycles. The summed E-state index contributed by atoms with van der Waals surface area (Å²) in [6, 6.07) is 1.19. The second-order valence-electron chi connectivity index (χ2n) is 9.86. The van der Waals surface area contributed by atoms with Crippen molar-refractivity contribution in [2.45, 2.75) is 50.0 Å². The minimum atomic E-state index is -4.69. The van der Waals surface area contributed by atoms with Crippen LogP contribution in [0.15, 0.2) is 18.2 Å². The number of benzene rings is 1. The number of amides is 2. The van der Waals surface area contributed by atoms with Gasteiger partial charge in [-0.3, -0.25) is 9.59 Å². The highest BCUT2D eigenvalue weighted by Crippen LogP contribution is 2.31. The fraction of sp³-hybridized carbons (Fsp3) is 0.583. The van der Waals surface area contributed by atoms with E-state index in [9.17, 15) is 40.7 Å². The Balaban J connectivity index is 1.36. The van der Waals surface area contributed by atoms with Crippen molar-refractivity contribution in [3.05, 3.63) is 35.1 Å². The van der Waals surface area contributed by atoms with Crippen LogP contribution in [-0.2, 0) is 32.5 Å². The molecule has 0 aromatic heterocycles. The number of hydrogen-bond donors (Lipinski definition) is 2. The quantitative estimate of drug-likeness (QED) is 0.400. The van der Waals surface area contributed by atoms with Crippen molar-refractivity contribution in [1.29, 1.82) is 0 Å². The van der Waals surface area contributed by atoms with Gasteiger partial charge in [-0.25, -0.2) is 4.39 Å². The number of nitrogens with one attached hydrogen (secondary N) is 1. The average molecular weight is 561 g/mol. The van der Waals surface area contributed by atoms with Crippen molar-refractivity contribution in [3.63, 3.8) is 0 Å². The van der Waals surface area contributed by atoms with Crippen LogP contribution in [-0.4, -0.2) is 83.2 Å². The number of likely N-dealkylation sites (tertiary alicyclic amines) is 1. The van der Waals surface area contributed by atoms with Gasteiger partial charge >= 0.3 is 6.18 Å². The molecule has 14 heteroatoms.